The van der Waals surface area contributed by atoms with Crippen molar-refractivity contribution < 1.29 is 8.42 Å². The third-order valence-electron chi connectivity index (χ3n) is 1.77. The predicted octanol–water partition coefficient (Wildman–Crippen LogP) is 1.09. The predicted molar refractivity (Wildman–Crippen MR) is 65.2 cm³/mol. The number of nitrogens with one attached hydrogen (secondary N) is 2. The Morgan fingerprint density at radius 1 is 1.44 bits per heavy atom. The van der Waals surface area contributed by atoms with Crippen molar-refractivity contribution in [3.05, 3.63) is 23.5 Å². The van der Waals surface area contributed by atoms with Crippen LogP contribution < -0.4 is 10.0 Å². The number of nitrogens with zero attached hydrogens (tertiary/aromatic N) is 1. The van der Waals surface area contributed by atoms with E-state index in [1.807, 2.05) is 0 Å². The summed E-state index contributed by atoms with van der Waals surface area (Å²) >= 11 is 5.70. The lowest BCUT2D eigenvalue weighted by Crippen LogP contribution is -2.24. The Bertz CT molecular complexity index is 436. The summed E-state index contributed by atoms with van der Waals surface area (Å²) in [5.74, 6) is 0. The highest BCUT2D eigenvalue weighted by Gasteiger charge is 1.98. The molecule has 0 aliphatic carbocycles. The Kier molecular flexibility index (Phi) is 4.98. The molecule has 0 amide bonds. The van der Waals surface area contributed by atoms with Gasteiger partial charge in [-0.15, -0.1) is 0 Å². The highest BCUT2D eigenvalue weighted by Crippen LogP contribution is 2.11. The molecule has 0 unspecified atom stereocenters. The number of halogens is 1. The number of pyridine rings is 1. The van der Waals surface area contributed by atoms with Gasteiger partial charge in [-0.3, -0.25) is 0 Å². The van der Waals surface area contributed by atoms with Crippen LogP contribution in [-0.4, -0.2) is 32.7 Å². The molecule has 1 aromatic heterocycles. The van der Waals surface area contributed by atoms with Gasteiger partial charge in [0.05, 0.1) is 6.26 Å². The van der Waals surface area contributed by atoms with E-state index < -0.39 is 10.0 Å². The molecule has 5 nitrogen and oxygen atoms in total. The van der Waals surface area contributed by atoms with E-state index in [2.05, 4.69) is 15.0 Å². The standard InChI is InChI=1S/C9H14ClN3O2S/c1-16(14,15)13-5-2-4-11-8-3-6-12-9(10)7-8/h3,6-7,13H,2,4-5H2,1H3,(H,11,12). The fourth-order valence-electron chi connectivity index (χ4n) is 1.09. The second-order valence-corrected chi connectivity index (χ2v) is 5.53. The third kappa shape index (κ3) is 5.89. The van der Waals surface area contributed by atoms with Crippen molar-refractivity contribution >= 4 is 27.3 Å². The lowest BCUT2D eigenvalue weighted by molar-refractivity contribution is 0.586. The topological polar surface area (TPSA) is 71.1 Å². The van der Waals surface area contributed by atoms with E-state index in [0.717, 1.165) is 11.9 Å². The molecule has 2 N–H and O–H groups in total. The van der Waals surface area contributed by atoms with Crippen LogP contribution in [0, 0.1) is 0 Å². The molecule has 0 aromatic carbocycles. The third-order valence-corrected chi connectivity index (χ3v) is 2.71. The lowest BCUT2D eigenvalue weighted by Gasteiger charge is -2.06. The maximum atomic E-state index is 10.8. The van der Waals surface area contributed by atoms with Crippen LogP contribution in [0.5, 0.6) is 0 Å². The summed E-state index contributed by atoms with van der Waals surface area (Å²) in [7, 11) is -3.08. The average Bonchev–Trinajstić information content (AvgIpc) is 2.15. The van der Waals surface area contributed by atoms with E-state index >= 15 is 0 Å². The van der Waals surface area contributed by atoms with Crippen LogP contribution in [0.15, 0.2) is 18.3 Å². The van der Waals surface area contributed by atoms with E-state index in [4.69, 9.17) is 11.6 Å². The van der Waals surface area contributed by atoms with Gasteiger partial charge in [0.15, 0.2) is 0 Å². The first-order chi connectivity index (χ1) is 7.47. The summed E-state index contributed by atoms with van der Waals surface area (Å²) in [6, 6.07) is 3.52. The molecule has 0 saturated carbocycles. The van der Waals surface area contributed by atoms with Gasteiger partial charge in [0.25, 0.3) is 0 Å². The number of sulfonamides is 1. The van der Waals surface area contributed by atoms with Gasteiger partial charge in [-0.1, -0.05) is 11.6 Å². The van der Waals surface area contributed by atoms with Crippen LogP contribution in [-0.2, 0) is 10.0 Å². The van der Waals surface area contributed by atoms with E-state index in [1.54, 1.807) is 18.3 Å². The van der Waals surface area contributed by atoms with Crippen molar-refractivity contribution in [2.75, 3.05) is 24.7 Å². The molecule has 0 spiro atoms. The first-order valence-corrected chi connectivity index (χ1v) is 7.04. The van der Waals surface area contributed by atoms with Gasteiger partial charge in [0.1, 0.15) is 5.15 Å². The Morgan fingerprint density at radius 2 is 2.19 bits per heavy atom. The lowest BCUT2D eigenvalue weighted by atomic mass is 10.3. The molecule has 0 aliphatic rings. The zero-order valence-electron chi connectivity index (χ0n) is 8.90. The molecule has 0 bridgehead atoms. The van der Waals surface area contributed by atoms with E-state index in [-0.39, 0.29) is 0 Å². The van der Waals surface area contributed by atoms with Crippen molar-refractivity contribution in [2.24, 2.45) is 0 Å². The Labute approximate surface area is 100 Å². The molecule has 0 atom stereocenters. The Balaban J connectivity index is 2.21. The van der Waals surface area contributed by atoms with Crippen molar-refractivity contribution in [1.29, 1.82) is 0 Å². The Hall–Kier alpha value is -0.850. The summed E-state index contributed by atoms with van der Waals surface area (Å²) in [5.41, 5.74) is 0.874. The molecule has 7 heteroatoms. The van der Waals surface area contributed by atoms with Crippen LogP contribution in [0.1, 0.15) is 6.42 Å². The summed E-state index contributed by atoms with van der Waals surface area (Å²) in [4.78, 5) is 3.85. The van der Waals surface area contributed by atoms with Crippen LogP contribution in [0.4, 0.5) is 5.69 Å². The minimum Gasteiger partial charge on any atom is -0.385 e. The molecule has 1 aromatic rings. The van der Waals surface area contributed by atoms with Crippen LogP contribution in [0.25, 0.3) is 0 Å². The number of hydrogen-bond acceptors (Lipinski definition) is 4. The molecular formula is C9H14ClN3O2S. The quantitative estimate of drug-likeness (QED) is 0.595. The SMILES string of the molecule is CS(=O)(=O)NCCCNc1ccnc(Cl)c1. The summed E-state index contributed by atoms with van der Waals surface area (Å²) in [5, 5.41) is 3.54. The first-order valence-electron chi connectivity index (χ1n) is 4.77. The fraction of sp³-hybridized carbons (Fsp3) is 0.444. The van der Waals surface area contributed by atoms with Gasteiger partial charge in [-0.25, -0.2) is 18.1 Å². The highest BCUT2D eigenvalue weighted by atomic mass is 35.5. The molecule has 0 aliphatic heterocycles. The van der Waals surface area contributed by atoms with Gasteiger partial charge < -0.3 is 5.32 Å². The van der Waals surface area contributed by atoms with Gasteiger partial charge in [0.2, 0.25) is 10.0 Å². The smallest absolute Gasteiger partial charge is 0.208 e. The largest absolute Gasteiger partial charge is 0.385 e. The normalized spacial score (nSPS) is 11.4. The molecule has 0 saturated heterocycles. The summed E-state index contributed by atoms with van der Waals surface area (Å²) in [6.45, 7) is 1.09. The van der Waals surface area contributed by atoms with Gasteiger partial charge in [-0.2, -0.15) is 0 Å². The minimum atomic E-state index is -3.08. The number of rotatable bonds is 6. The molecule has 1 heterocycles. The maximum absolute atomic E-state index is 10.8. The van der Waals surface area contributed by atoms with E-state index in [1.165, 1.54) is 0 Å². The number of anilines is 1. The van der Waals surface area contributed by atoms with Crippen LogP contribution >= 0.6 is 11.6 Å². The zero-order chi connectivity index (χ0) is 12.0. The molecule has 16 heavy (non-hydrogen) atoms. The average molecular weight is 264 g/mol. The monoisotopic (exact) mass is 263 g/mol. The molecule has 0 fully saturated rings. The molecular weight excluding hydrogens is 250 g/mol. The highest BCUT2D eigenvalue weighted by molar-refractivity contribution is 7.88. The Morgan fingerprint density at radius 3 is 2.81 bits per heavy atom. The van der Waals surface area contributed by atoms with Gasteiger partial charge in [0, 0.05) is 25.0 Å². The van der Waals surface area contributed by atoms with Crippen molar-refractivity contribution in [1.82, 2.24) is 9.71 Å². The maximum Gasteiger partial charge on any atom is 0.208 e. The fourth-order valence-corrected chi connectivity index (χ4v) is 1.78. The summed E-state index contributed by atoms with van der Waals surface area (Å²) < 4.78 is 23.9. The van der Waals surface area contributed by atoms with Crippen molar-refractivity contribution in [3.63, 3.8) is 0 Å². The zero-order valence-corrected chi connectivity index (χ0v) is 10.5. The van der Waals surface area contributed by atoms with E-state index in [0.29, 0.717) is 24.7 Å². The van der Waals surface area contributed by atoms with Gasteiger partial charge in [-0.05, 0) is 18.6 Å². The van der Waals surface area contributed by atoms with Crippen LogP contribution in [0.3, 0.4) is 0 Å². The molecule has 0 radical (unpaired) electrons. The number of hydrogen-bond donors (Lipinski definition) is 2. The molecule has 90 valence electrons. The first kappa shape index (κ1) is 13.2. The summed E-state index contributed by atoms with van der Waals surface area (Å²) in [6.07, 6.45) is 3.45. The van der Waals surface area contributed by atoms with Crippen molar-refractivity contribution in [3.8, 4) is 0 Å². The van der Waals surface area contributed by atoms with Crippen LogP contribution in [0.2, 0.25) is 5.15 Å². The van der Waals surface area contributed by atoms with E-state index in [9.17, 15) is 8.42 Å². The van der Waals surface area contributed by atoms with Crippen molar-refractivity contribution in [2.45, 2.75) is 6.42 Å². The van der Waals surface area contributed by atoms with Gasteiger partial charge >= 0.3 is 0 Å². The second kappa shape index (κ2) is 6.03. The second-order valence-electron chi connectivity index (χ2n) is 3.31. The molecule has 1 rings (SSSR count). The minimum absolute atomic E-state index is 0.421. The number of aromatic nitrogens is 1.